The van der Waals surface area contributed by atoms with E-state index in [0.717, 1.165) is 39.0 Å². The van der Waals surface area contributed by atoms with Gasteiger partial charge in [-0.05, 0) is 63.6 Å². The highest BCUT2D eigenvalue weighted by Crippen LogP contribution is 2.47. The van der Waals surface area contributed by atoms with Gasteiger partial charge < -0.3 is 0 Å². The average molecular weight is 521 g/mol. The second kappa shape index (κ2) is 8.72. The Kier molecular flexibility index (Phi) is 5.11. The van der Waals surface area contributed by atoms with Crippen LogP contribution in [0.5, 0.6) is 0 Å². The molecule has 2 heterocycles. The fourth-order valence-electron chi connectivity index (χ4n) is 6.53. The zero-order valence-electron chi connectivity index (χ0n) is 22.1. The van der Waals surface area contributed by atoms with Gasteiger partial charge in [-0.25, -0.2) is 4.98 Å². The van der Waals surface area contributed by atoms with E-state index in [0.29, 0.717) is 5.92 Å². The second-order valence-corrected chi connectivity index (χ2v) is 12.1. The van der Waals surface area contributed by atoms with Crippen LogP contribution in [0.4, 0.5) is 0 Å². The Labute approximate surface area is 232 Å². The maximum Gasteiger partial charge on any atom is 0.0979 e. The minimum atomic E-state index is 0.629. The lowest BCUT2D eigenvalue weighted by atomic mass is 9.81. The Morgan fingerprint density at radius 3 is 2.15 bits per heavy atom. The van der Waals surface area contributed by atoms with Gasteiger partial charge >= 0.3 is 0 Å². The number of aromatic nitrogens is 2. The Balaban J connectivity index is 1.30. The summed E-state index contributed by atoms with van der Waals surface area (Å²) >= 11 is 2.01. The Morgan fingerprint density at radius 2 is 1.36 bits per heavy atom. The highest BCUT2D eigenvalue weighted by atomic mass is 32.1. The standard InChI is InChI=1S/C36H28N2S/c1-21-17-18-31-30-16-8-15-25(36(30)39-35(31)22(21)2)23-9-7-10-24(19-23)32-20-37-33-28-13-5-3-11-26(28)27-12-4-6-14-29(27)34(33)38-32/h3-16,19-22H,17-18H2,1-2H3. The van der Waals surface area contributed by atoms with Gasteiger partial charge in [0, 0.05) is 25.9 Å². The summed E-state index contributed by atoms with van der Waals surface area (Å²) in [6, 6.07) is 32.7. The maximum absolute atomic E-state index is 5.23. The largest absolute Gasteiger partial charge is 0.252 e. The Bertz CT molecular complexity index is 2030. The van der Waals surface area contributed by atoms with Crippen molar-refractivity contribution < 1.29 is 0 Å². The number of aryl methyl sites for hydroxylation is 1. The quantitative estimate of drug-likeness (QED) is 0.212. The molecular weight excluding hydrogens is 492 g/mol. The number of rotatable bonds is 2. The molecule has 2 atom stereocenters. The molecule has 3 heteroatoms. The van der Waals surface area contributed by atoms with E-state index in [1.807, 2.05) is 17.5 Å². The number of thiophene rings is 1. The van der Waals surface area contributed by atoms with Crippen molar-refractivity contribution in [2.75, 3.05) is 0 Å². The van der Waals surface area contributed by atoms with E-state index in [1.165, 1.54) is 44.8 Å². The first-order chi connectivity index (χ1) is 19.2. The van der Waals surface area contributed by atoms with Gasteiger partial charge in [0.05, 0.1) is 22.9 Å². The molecular formula is C36H28N2S. The van der Waals surface area contributed by atoms with E-state index < -0.39 is 0 Å². The van der Waals surface area contributed by atoms with Gasteiger partial charge in [0.25, 0.3) is 0 Å². The van der Waals surface area contributed by atoms with Crippen LogP contribution < -0.4 is 0 Å². The molecule has 1 aliphatic rings. The minimum Gasteiger partial charge on any atom is -0.252 e. The first-order valence-electron chi connectivity index (χ1n) is 13.9. The van der Waals surface area contributed by atoms with E-state index in [1.54, 1.807) is 10.4 Å². The molecule has 0 amide bonds. The number of hydrogen-bond donors (Lipinski definition) is 0. The van der Waals surface area contributed by atoms with Gasteiger partial charge in [0.15, 0.2) is 0 Å². The molecule has 0 spiro atoms. The molecule has 188 valence electrons. The zero-order chi connectivity index (χ0) is 26.1. The van der Waals surface area contributed by atoms with E-state index >= 15 is 0 Å². The van der Waals surface area contributed by atoms with Crippen LogP contribution in [0.1, 0.15) is 36.6 Å². The van der Waals surface area contributed by atoms with Gasteiger partial charge in [0.2, 0.25) is 0 Å². The number of benzene rings is 5. The summed E-state index contributed by atoms with van der Waals surface area (Å²) in [5.74, 6) is 1.38. The molecule has 0 fully saturated rings. The van der Waals surface area contributed by atoms with Gasteiger partial charge in [-0.2, -0.15) is 0 Å². The fourth-order valence-corrected chi connectivity index (χ4v) is 8.10. The molecule has 0 bridgehead atoms. The molecule has 2 nitrogen and oxygen atoms in total. The van der Waals surface area contributed by atoms with E-state index in [2.05, 4.69) is 105 Å². The van der Waals surface area contributed by atoms with Crippen LogP contribution >= 0.6 is 11.3 Å². The zero-order valence-corrected chi connectivity index (χ0v) is 22.9. The number of hydrogen-bond acceptors (Lipinski definition) is 3. The summed E-state index contributed by atoms with van der Waals surface area (Å²) in [7, 11) is 0. The topological polar surface area (TPSA) is 25.8 Å². The molecule has 2 aromatic heterocycles. The van der Waals surface area contributed by atoms with Gasteiger partial charge in [-0.3, -0.25) is 4.98 Å². The van der Waals surface area contributed by atoms with Crippen molar-refractivity contribution in [1.82, 2.24) is 9.97 Å². The van der Waals surface area contributed by atoms with Crippen molar-refractivity contribution in [3.63, 3.8) is 0 Å². The Morgan fingerprint density at radius 1 is 0.692 bits per heavy atom. The van der Waals surface area contributed by atoms with Gasteiger partial charge in [-0.15, -0.1) is 11.3 Å². The molecule has 2 unspecified atom stereocenters. The summed E-state index contributed by atoms with van der Waals surface area (Å²) < 4.78 is 1.42. The first kappa shape index (κ1) is 22.9. The monoisotopic (exact) mass is 520 g/mol. The average Bonchev–Trinajstić information content (AvgIpc) is 3.38. The van der Waals surface area contributed by atoms with Gasteiger partial charge in [0.1, 0.15) is 0 Å². The Hall–Kier alpha value is -4.08. The highest BCUT2D eigenvalue weighted by molar-refractivity contribution is 7.20. The summed E-state index contributed by atoms with van der Waals surface area (Å²) in [6.07, 6.45) is 4.42. The van der Waals surface area contributed by atoms with Crippen LogP contribution in [-0.4, -0.2) is 9.97 Å². The molecule has 39 heavy (non-hydrogen) atoms. The lowest BCUT2D eigenvalue weighted by Crippen LogP contribution is -2.13. The van der Waals surface area contributed by atoms with E-state index in [-0.39, 0.29) is 0 Å². The smallest absolute Gasteiger partial charge is 0.0979 e. The predicted molar refractivity (Wildman–Crippen MR) is 167 cm³/mol. The second-order valence-electron chi connectivity index (χ2n) is 11.1. The molecule has 0 N–H and O–H groups in total. The summed E-state index contributed by atoms with van der Waals surface area (Å²) in [4.78, 5) is 11.8. The molecule has 8 rings (SSSR count). The predicted octanol–water partition coefficient (Wildman–Crippen LogP) is 10.2. The van der Waals surface area contributed by atoms with Crippen LogP contribution in [0.3, 0.4) is 0 Å². The number of nitrogens with zero attached hydrogens (tertiary/aromatic N) is 2. The SMILES string of the molecule is CC1CCc2c(sc3c(-c4cccc(-c5cnc6c7ccccc7c7ccccc7c6n5)c4)cccc23)C1C. The van der Waals surface area contributed by atoms with Crippen LogP contribution in [0.25, 0.3) is 65.0 Å². The molecule has 1 aliphatic carbocycles. The lowest BCUT2D eigenvalue weighted by Gasteiger charge is -2.25. The summed E-state index contributed by atoms with van der Waals surface area (Å²) in [6.45, 7) is 4.81. The third-order valence-corrected chi connectivity index (χ3v) is 10.3. The van der Waals surface area contributed by atoms with Crippen LogP contribution in [-0.2, 0) is 6.42 Å². The van der Waals surface area contributed by atoms with E-state index in [4.69, 9.17) is 9.97 Å². The van der Waals surface area contributed by atoms with Crippen molar-refractivity contribution in [1.29, 1.82) is 0 Å². The van der Waals surface area contributed by atoms with Crippen molar-refractivity contribution >= 4 is 54.0 Å². The van der Waals surface area contributed by atoms with Gasteiger partial charge in [-0.1, -0.05) is 98.8 Å². The molecule has 0 radical (unpaired) electrons. The maximum atomic E-state index is 5.23. The molecule has 7 aromatic rings. The summed E-state index contributed by atoms with van der Waals surface area (Å²) in [5.41, 5.74) is 8.06. The minimum absolute atomic E-state index is 0.629. The normalized spacial score (nSPS) is 17.3. The number of fused-ring (bicyclic) bond motifs is 9. The highest BCUT2D eigenvalue weighted by Gasteiger charge is 2.27. The molecule has 0 aliphatic heterocycles. The van der Waals surface area contributed by atoms with Crippen molar-refractivity contribution in [2.45, 2.75) is 32.6 Å². The molecule has 0 saturated carbocycles. The van der Waals surface area contributed by atoms with Crippen molar-refractivity contribution in [3.05, 3.63) is 108 Å². The van der Waals surface area contributed by atoms with Crippen molar-refractivity contribution in [3.8, 4) is 22.4 Å². The van der Waals surface area contributed by atoms with Crippen LogP contribution in [0, 0.1) is 5.92 Å². The van der Waals surface area contributed by atoms with Crippen LogP contribution in [0.15, 0.2) is 97.2 Å². The molecule has 0 saturated heterocycles. The molecule has 5 aromatic carbocycles. The summed E-state index contributed by atoms with van der Waals surface area (Å²) in [5, 5.41) is 6.18. The fraction of sp³-hybridized carbons (Fsp3) is 0.167. The first-order valence-corrected chi connectivity index (χ1v) is 14.7. The van der Waals surface area contributed by atoms with Crippen LogP contribution in [0.2, 0.25) is 0 Å². The van der Waals surface area contributed by atoms with Crippen molar-refractivity contribution in [2.24, 2.45) is 5.92 Å². The third kappa shape index (κ3) is 3.46. The van der Waals surface area contributed by atoms with E-state index in [9.17, 15) is 0 Å². The lowest BCUT2D eigenvalue weighted by molar-refractivity contribution is 0.434. The third-order valence-electron chi connectivity index (χ3n) is 8.86.